The SMILES string of the molecule is CO.O=C(NC1CCC1)c1nccc(-n2ccnc2)n1.[HH]. The number of hydrogen-bond donors (Lipinski definition) is 2. The Balaban J connectivity index is 0.000000706. The molecule has 1 amide bonds. The van der Waals surface area contributed by atoms with Gasteiger partial charge in [0.1, 0.15) is 12.1 Å². The summed E-state index contributed by atoms with van der Waals surface area (Å²) in [5.74, 6) is 0.635. The zero-order valence-corrected chi connectivity index (χ0v) is 11.2. The molecule has 20 heavy (non-hydrogen) atoms. The second-order valence-electron chi connectivity index (χ2n) is 4.31. The fourth-order valence-electron chi connectivity index (χ4n) is 1.80. The number of nitrogens with zero attached hydrogens (tertiary/aromatic N) is 4. The monoisotopic (exact) mass is 277 g/mol. The second-order valence-corrected chi connectivity index (χ2v) is 4.31. The molecule has 2 heterocycles. The van der Waals surface area contributed by atoms with Crippen molar-refractivity contribution >= 4 is 5.91 Å². The van der Waals surface area contributed by atoms with Gasteiger partial charge in [0.15, 0.2) is 0 Å². The smallest absolute Gasteiger partial charge is 0.289 e. The van der Waals surface area contributed by atoms with Gasteiger partial charge < -0.3 is 10.4 Å². The van der Waals surface area contributed by atoms with E-state index in [1.807, 2.05) is 0 Å². The van der Waals surface area contributed by atoms with Gasteiger partial charge in [-0.2, -0.15) is 0 Å². The lowest BCUT2D eigenvalue weighted by atomic mass is 9.93. The molecule has 0 aliphatic heterocycles. The quantitative estimate of drug-likeness (QED) is 0.865. The molecule has 7 nitrogen and oxygen atoms in total. The molecule has 2 aromatic heterocycles. The number of hydrogen-bond acceptors (Lipinski definition) is 5. The molecule has 0 bridgehead atoms. The van der Waals surface area contributed by atoms with E-state index in [1.54, 1.807) is 35.6 Å². The van der Waals surface area contributed by atoms with Crippen LogP contribution >= 0.6 is 0 Å². The van der Waals surface area contributed by atoms with E-state index in [-0.39, 0.29) is 19.2 Å². The highest BCUT2D eigenvalue weighted by Crippen LogP contribution is 2.18. The van der Waals surface area contributed by atoms with Crippen molar-refractivity contribution in [1.29, 1.82) is 0 Å². The Morgan fingerprint density at radius 1 is 1.45 bits per heavy atom. The third-order valence-corrected chi connectivity index (χ3v) is 3.05. The van der Waals surface area contributed by atoms with E-state index in [0.29, 0.717) is 5.82 Å². The summed E-state index contributed by atoms with van der Waals surface area (Å²) in [6, 6.07) is 2.03. The molecule has 7 heteroatoms. The summed E-state index contributed by atoms with van der Waals surface area (Å²) in [5.41, 5.74) is 0. The first-order chi connectivity index (χ1) is 9.83. The van der Waals surface area contributed by atoms with E-state index in [4.69, 9.17) is 5.11 Å². The van der Waals surface area contributed by atoms with Crippen LogP contribution in [0.25, 0.3) is 5.82 Å². The number of imidazole rings is 1. The largest absolute Gasteiger partial charge is 0.400 e. The highest BCUT2D eigenvalue weighted by molar-refractivity contribution is 5.90. The molecule has 1 aliphatic carbocycles. The van der Waals surface area contributed by atoms with Crippen molar-refractivity contribution in [3.05, 3.63) is 36.8 Å². The number of aliphatic hydroxyl groups excluding tert-OH is 1. The number of nitrogens with one attached hydrogen (secondary N) is 1. The number of amides is 1. The molecule has 0 aromatic carbocycles. The molecular weight excluding hydrogens is 258 g/mol. The van der Waals surface area contributed by atoms with Crippen molar-refractivity contribution < 1.29 is 11.3 Å². The van der Waals surface area contributed by atoms with Gasteiger partial charge in [-0.25, -0.2) is 15.0 Å². The lowest BCUT2D eigenvalue weighted by Gasteiger charge is -2.25. The van der Waals surface area contributed by atoms with Crippen molar-refractivity contribution in [2.24, 2.45) is 0 Å². The Morgan fingerprint density at radius 3 is 2.85 bits per heavy atom. The van der Waals surface area contributed by atoms with Crippen LogP contribution in [0.1, 0.15) is 31.3 Å². The molecule has 0 radical (unpaired) electrons. The molecule has 1 fully saturated rings. The molecule has 108 valence electrons. The van der Waals surface area contributed by atoms with Crippen molar-refractivity contribution in [1.82, 2.24) is 24.8 Å². The minimum Gasteiger partial charge on any atom is -0.400 e. The van der Waals surface area contributed by atoms with Crippen LogP contribution in [0, 0.1) is 0 Å². The molecule has 1 aliphatic rings. The maximum Gasteiger partial charge on any atom is 0.289 e. The standard InChI is InChI=1S/C12H13N5O.CH4O.H2/c18-12(15-9-2-1-3-9)11-14-5-4-10(16-11)17-7-6-13-8-17;1-2;/h4-9H,1-3H2,(H,15,18);2H,1H3;1H. The topological polar surface area (TPSA) is 92.9 Å². The van der Waals surface area contributed by atoms with Crippen LogP contribution in [0.2, 0.25) is 0 Å². The van der Waals surface area contributed by atoms with E-state index in [9.17, 15) is 4.79 Å². The summed E-state index contributed by atoms with van der Waals surface area (Å²) in [4.78, 5) is 24.1. The van der Waals surface area contributed by atoms with Gasteiger partial charge in [-0.05, 0) is 25.3 Å². The van der Waals surface area contributed by atoms with Crippen molar-refractivity contribution in [2.45, 2.75) is 25.3 Å². The Morgan fingerprint density at radius 2 is 2.25 bits per heavy atom. The minimum atomic E-state index is -0.207. The molecule has 2 aromatic rings. The first-order valence-corrected chi connectivity index (χ1v) is 6.40. The Kier molecular flexibility index (Phi) is 4.78. The average Bonchev–Trinajstić information content (AvgIpc) is 2.99. The van der Waals surface area contributed by atoms with E-state index in [0.717, 1.165) is 20.0 Å². The molecule has 2 N–H and O–H groups in total. The minimum absolute atomic E-state index is 0. The van der Waals surface area contributed by atoms with E-state index < -0.39 is 0 Å². The van der Waals surface area contributed by atoms with Crippen LogP contribution in [0.3, 0.4) is 0 Å². The molecule has 1 saturated carbocycles. The Bertz CT molecular complexity index is 557. The maximum atomic E-state index is 11.9. The van der Waals surface area contributed by atoms with Gasteiger partial charge >= 0.3 is 0 Å². The van der Waals surface area contributed by atoms with E-state index >= 15 is 0 Å². The molecule has 0 spiro atoms. The summed E-state index contributed by atoms with van der Waals surface area (Å²) in [6.45, 7) is 0. The summed E-state index contributed by atoms with van der Waals surface area (Å²) >= 11 is 0. The summed E-state index contributed by atoms with van der Waals surface area (Å²) in [7, 11) is 1.00. The fourth-order valence-corrected chi connectivity index (χ4v) is 1.80. The third-order valence-electron chi connectivity index (χ3n) is 3.05. The molecule has 0 saturated heterocycles. The normalized spacial score (nSPS) is 13.9. The van der Waals surface area contributed by atoms with Crippen LogP contribution < -0.4 is 5.32 Å². The van der Waals surface area contributed by atoms with Crippen molar-refractivity contribution in [3.63, 3.8) is 0 Å². The number of aromatic nitrogens is 4. The lowest BCUT2D eigenvalue weighted by molar-refractivity contribution is 0.0906. The number of aliphatic hydroxyl groups is 1. The molecule has 0 atom stereocenters. The Labute approximate surface area is 118 Å². The first-order valence-electron chi connectivity index (χ1n) is 6.40. The van der Waals surface area contributed by atoms with Gasteiger partial charge in [-0.15, -0.1) is 0 Å². The van der Waals surface area contributed by atoms with Crippen molar-refractivity contribution in [2.75, 3.05) is 7.11 Å². The van der Waals surface area contributed by atoms with Gasteiger partial charge in [0.2, 0.25) is 5.82 Å². The predicted octanol–water partition coefficient (Wildman–Crippen LogP) is 0.799. The van der Waals surface area contributed by atoms with Gasteiger partial charge in [0.05, 0.1) is 0 Å². The Hall–Kier alpha value is -2.28. The summed E-state index contributed by atoms with van der Waals surface area (Å²) in [5, 5.41) is 9.92. The van der Waals surface area contributed by atoms with Crippen LogP contribution in [0.5, 0.6) is 0 Å². The lowest BCUT2D eigenvalue weighted by Crippen LogP contribution is -2.40. The third kappa shape index (κ3) is 3.18. The van der Waals surface area contributed by atoms with Crippen LogP contribution in [0.15, 0.2) is 31.0 Å². The van der Waals surface area contributed by atoms with Crippen LogP contribution in [0.4, 0.5) is 0 Å². The number of carbonyl (C=O) groups excluding carboxylic acids is 1. The summed E-state index contributed by atoms with van der Waals surface area (Å²) in [6.07, 6.45) is 9.93. The van der Waals surface area contributed by atoms with Gasteiger partial charge in [0.25, 0.3) is 5.91 Å². The maximum absolute atomic E-state index is 11.9. The van der Waals surface area contributed by atoms with E-state index in [1.165, 1.54) is 6.42 Å². The van der Waals surface area contributed by atoms with Gasteiger partial charge in [-0.3, -0.25) is 9.36 Å². The van der Waals surface area contributed by atoms with Crippen molar-refractivity contribution in [3.8, 4) is 5.82 Å². The number of rotatable bonds is 3. The highest BCUT2D eigenvalue weighted by Gasteiger charge is 2.21. The first kappa shape index (κ1) is 14.1. The average molecular weight is 277 g/mol. The van der Waals surface area contributed by atoms with Gasteiger partial charge in [0, 0.05) is 33.2 Å². The van der Waals surface area contributed by atoms with Crippen LogP contribution in [-0.4, -0.2) is 43.7 Å². The summed E-state index contributed by atoms with van der Waals surface area (Å²) < 4.78 is 1.74. The molecule has 3 rings (SSSR count). The predicted molar refractivity (Wildman–Crippen MR) is 74.5 cm³/mol. The zero-order chi connectivity index (χ0) is 14.4. The number of carbonyl (C=O) groups is 1. The second kappa shape index (κ2) is 6.76. The molecule has 0 unspecified atom stereocenters. The van der Waals surface area contributed by atoms with Gasteiger partial charge in [-0.1, -0.05) is 0 Å². The fraction of sp³-hybridized carbons (Fsp3) is 0.385. The highest BCUT2D eigenvalue weighted by atomic mass is 16.2. The molecular formula is C13H19N5O2. The van der Waals surface area contributed by atoms with E-state index in [2.05, 4.69) is 20.3 Å². The zero-order valence-electron chi connectivity index (χ0n) is 11.2. The van der Waals surface area contributed by atoms with Crippen LogP contribution in [-0.2, 0) is 0 Å².